The van der Waals surface area contributed by atoms with Gasteiger partial charge in [-0.25, -0.2) is 4.39 Å². The maximum Gasteiger partial charge on any atom is 0.225 e. The van der Waals surface area contributed by atoms with Gasteiger partial charge in [-0.05, 0) is 56.6 Å². The molecule has 1 saturated heterocycles. The second-order valence-electron chi connectivity index (χ2n) is 6.00. The lowest BCUT2D eigenvalue weighted by Crippen LogP contribution is -2.40. The average molecular weight is 308 g/mol. The molecule has 0 bridgehead atoms. The zero-order chi connectivity index (χ0) is 15.9. The molecular formula is C17H25FN2O2. The Morgan fingerprint density at radius 3 is 2.50 bits per heavy atom. The molecule has 5 heteroatoms. The van der Waals surface area contributed by atoms with Crippen LogP contribution >= 0.6 is 0 Å². The number of carbonyl (C=O) groups is 1. The number of piperidine rings is 1. The largest absolute Gasteiger partial charge is 0.494 e. The molecule has 0 aromatic heterocycles. The van der Waals surface area contributed by atoms with Crippen molar-refractivity contribution in [1.82, 2.24) is 9.80 Å². The van der Waals surface area contributed by atoms with E-state index in [0.717, 1.165) is 38.9 Å². The Hall–Kier alpha value is -1.62. The summed E-state index contributed by atoms with van der Waals surface area (Å²) >= 11 is 0. The van der Waals surface area contributed by atoms with Gasteiger partial charge in [0.15, 0.2) is 0 Å². The van der Waals surface area contributed by atoms with Gasteiger partial charge in [0.25, 0.3) is 0 Å². The van der Waals surface area contributed by atoms with Crippen LogP contribution in [-0.4, -0.2) is 56.0 Å². The Kier molecular flexibility index (Phi) is 6.19. The second-order valence-corrected chi connectivity index (χ2v) is 6.00. The van der Waals surface area contributed by atoms with Crippen LogP contribution in [0.5, 0.6) is 5.75 Å². The molecule has 0 N–H and O–H groups in total. The quantitative estimate of drug-likeness (QED) is 0.757. The lowest BCUT2D eigenvalue weighted by atomic mass is 9.95. The van der Waals surface area contributed by atoms with Crippen LogP contribution in [0.1, 0.15) is 19.3 Å². The Balaban J connectivity index is 1.61. The third-order valence-corrected chi connectivity index (χ3v) is 4.08. The topological polar surface area (TPSA) is 32.8 Å². The molecule has 1 amide bonds. The second kappa shape index (κ2) is 8.13. The molecule has 1 aromatic rings. The third-order valence-electron chi connectivity index (χ3n) is 4.08. The standard InChI is InChI=1S/C17H25FN2O2/c1-19(2)17(21)14-8-11-20(12-9-14)10-3-13-22-16-6-4-15(18)5-7-16/h4-7,14H,3,8-13H2,1-2H3. The number of amides is 1. The number of nitrogens with zero attached hydrogens (tertiary/aromatic N) is 2. The molecule has 0 atom stereocenters. The monoisotopic (exact) mass is 308 g/mol. The van der Waals surface area contributed by atoms with Gasteiger partial charge in [-0.15, -0.1) is 0 Å². The van der Waals surface area contributed by atoms with Crippen molar-refractivity contribution in [1.29, 1.82) is 0 Å². The van der Waals surface area contributed by atoms with Crippen molar-refractivity contribution >= 4 is 5.91 Å². The van der Waals surface area contributed by atoms with Gasteiger partial charge in [0.05, 0.1) is 6.61 Å². The molecule has 1 heterocycles. The molecule has 0 radical (unpaired) electrons. The molecule has 2 rings (SSSR count). The van der Waals surface area contributed by atoms with Gasteiger partial charge >= 0.3 is 0 Å². The van der Waals surface area contributed by atoms with Crippen LogP contribution in [-0.2, 0) is 4.79 Å². The van der Waals surface area contributed by atoms with E-state index in [1.807, 2.05) is 14.1 Å². The number of hydrogen-bond acceptors (Lipinski definition) is 3. The Morgan fingerprint density at radius 1 is 1.27 bits per heavy atom. The summed E-state index contributed by atoms with van der Waals surface area (Å²) in [5, 5.41) is 0. The molecule has 22 heavy (non-hydrogen) atoms. The van der Waals surface area contributed by atoms with Crippen molar-refractivity contribution in [3.8, 4) is 5.75 Å². The predicted molar refractivity (Wildman–Crippen MR) is 84.4 cm³/mol. The highest BCUT2D eigenvalue weighted by molar-refractivity contribution is 5.78. The third kappa shape index (κ3) is 4.98. The van der Waals surface area contributed by atoms with E-state index in [-0.39, 0.29) is 17.6 Å². The van der Waals surface area contributed by atoms with Crippen LogP contribution in [0.15, 0.2) is 24.3 Å². The first kappa shape index (κ1) is 16.7. The minimum absolute atomic E-state index is 0.182. The number of benzene rings is 1. The van der Waals surface area contributed by atoms with Gasteiger partial charge in [0.1, 0.15) is 11.6 Å². The molecule has 0 aliphatic carbocycles. The summed E-state index contributed by atoms with van der Waals surface area (Å²) in [7, 11) is 3.64. The van der Waals surface area contributed by atoms with Crippen LogP contribution in [0.25, 0.3) is 0 Å². The van der Waals surface area contributed by atoms with Crippen LogP contribution in [0.3, 0.4) is 0 Å². The number of halogens is 1. The van der Waals surface area contributed by atoms with E-state index in [9.17, 15) is 9.18 Å². The first-order valence-electron chi connectivity index (χ1n) is 7.88. The summed E-state index contributed by atoms with van der Waals surface area (Å²) in [6.07, 6.45) is 2.81. The Labute approximate surface area is 131 Å². The lowest BCUT2D eigenvalue weighted by Gasteiger charge is -2.32. The molecule has 1 aliphatic heterocycles. The fourth-order valence-electron chi connectivity index (χ4n) is 2.78. The number of rotatable bonds is 6. The highest BCUT2D eigenvalue weighted by atomic mass is 19.1. The fraction of sp³-hybridized carbons (Fsp3) is 0.588. The van der Waals surface area contributed by atoms with Gasteiger partial charge in [0, 0.05) is 26.6 Å². The molecule has 0 unspecified atom stereocenters. The smallest absolute Gasteiger partial charge is 0.225 e. The Bertz CT molecular complexity index is 468. The Morgan fingerprint density at radius 2 is 1.91 bits per heavy atom. The van der Waals surface area contributed by atoms with Crippen LogP contribution in [0, 0.1) is 11.7 Å². The summed E-state index contributed by atoms with van der Waals surface area (Å²) in [6, 6.07) is 6.10. The first-order chi connectivity index (χ1) is 10.6. The molecule has 1 aromatic carbocycles. The maximum atomic E-state index is 12.8. The molecule has 1 fully saturated rings. The summed E-state index contributed by atoms with van der Waals surface area (Å²) in [5.74, 6) is 0.889. The van der Waals surface area contributed by atoms with Crippen molar-refractivity contribution in [2.24, 2.45) is 5.92 Å². The van der Waals surface area contributed by atoms with E-state index in [0.29, 0.717) is 12.4 Å². The number of carbonyl (C=O) groups excluding carboxylic acids is 1. The highest BCUT2D eigenvalue weighted by Crippen LogP contribution is 2.19. The summed E-state index contributed by atoms with van der Waals surface area (Å²) < 4.78 is 18.4. The van der Waals surface area contributed by atoms with E-state index in [4.69, 9.17) is 4.74 Å². The highest BCUT2D eigenvalue weighted by Gasteiger charge is 2.25. The predicted octanol–water partition coefficient (Wildman–Crippen LogP) is 2.39. The summed E-state index contributed by atoms with van der Waals surface area (Å²) in [6.45, 7) is 3.55. The minimum Gasteiger partial charge on any atom is -0.494 e. The van der Waals surface area contributed by atoms with Crippen LogP contribution in [0.4, 0.5) is 4.39 Å². The molecule has 122 valence electrons. The van der Waals surface area contributed by atoms with Crippen molar-refractivity contribution in [2.45, 2.75) is 19.3 Å². The van der Waals surface area contributed by atoms with Gasteiger partial charge in [-0.1, -0.05) is 0 Å². The molecule has 4 nitrogen and oxygen atoms in total. The van der Waals surface area contributed by atoms with E-state index >= 15 is 0 Å². The number of likely N-dealkylation sites (tertiary alicyclic amines) is 1. The lowest BCUT2D eigenvalue weighted by molar-refractivity contribution is -0.134. The molecule has 1 aliphatic rings. The zero-order valence-corrected chi connectivity index (χ0v) is 13.4. The zero-order valence-electron chi connectivity index (χ0n) is 13.4. The van der Waals surface area contributed by atoms with E-state index in [1.165, 1.54) is 12.1 Å². The van der Waals surface area contributed by atoms with E-state index in [2.05, 4.69) is 4.90 Å². The van der Waals surface area contributed by atoms with Crippen LogP contribution in [0.2, 0.25) is 0 Å². The normalized spacial score (nSPS) is 16.5. The number of hydrogen-bond donors (Lipinski definition) is 0. The SMILES string of the molecule is CN(C)C(=O)C1CCN(CCCOc2ccc(F)cc2)CC1. The summed E-state index contributed by atoms with van der Waals surface area (Å²) in [4.78, 5) is 16.0. The minimum atomic E-state index is -0.248. The van der Waals surface area contributed by atoms with Crippen molar-refractivity contribution < 1.29 is 13.9 Å². The van der Waals surface area contributed by atoms with Gasteiger partial charge in [-0.3, -0.25) is 4.79 Å². The maximum absolute atomic E-state index is 12.8. The molecule has 0 spiro atoms. The summed E-state index contributed by atoms with van der Waals surface area (Å²) in [5.41, 5.74) is 0. The first-order valence-corrected chi connectivity index (χ1v) is 7.88. The molecule has 0 saturated carbocycles. The average Bonchev–Trinajstić information content (AvgIpc) is 2.53. The van der Waals surface area contributed by atoms with Crippen molar-refractivity contribution in [2.75, 3.05) is 40.3 Å². The number of ether oxygens (including phenoxy) is 1. The van der Waals surface area contributed by atoms with Gasteiger partial charge < -0.3 is 14.5 Å². The van der Waals surface area contributed by atoms with Gasteiger partial charge in [-0.2, -0.15) is 0 Å². The van der Waals surface area contributed by atoms with Gasteiger partial charge in [0.2, 0.25) is 5.91 Å². The van der Waals surface area contributed by atoms with Crippen LogP contribution < -0.4 is 4.74 Å². The van der Waals surface area contributed by atoms with E-state index in [1.54, 1.807) is 17.0 Å². The fourth-order valence-corrected chi connectivity index (χ4v) is 2.78. The molecular weight excluding hydrogens is 283 g/mol. The van der Waals surface area contributed by atoms with E-state index < -0.39 is 0 Å². The van der Waals surface area contributed by atoms with Crippen molar-refractivity contribution in [3.63, 3.8) is 0 Å². The van der Waals surface area contributed by atoms with Crippen molar-refractivity contribution in [3.05, 3.63) is 30.1 Å².